The highest BCUT2D eigenvalue weighted by Gasteiger charge is 2.53. The van der Waals surface area contributed by atoms with Gasteiger partial charge in [-0.15, -0.1) is 0 Å². The second kappa shape index (κ2) is 8.90. The Kier molecular flexibility index (Phi) is 5.62. The molecule has 3 aromatic rings. The Labute approximate surface area is 220 Å². The number of nitrogens with zero attached hydrogens (tertiary/aromatic N) is 3. The third-order valence-corrected chi connectivity index (χ3v) is 9.90. The van der Waals surface area contributed by atoms with Crippen molar-refractivity contribution in [2.24, 2.45) is 23.7 Å². The number of rotatable bonds is 3. The number of fused-ring (bicyclic) bond motifs is 2. The molecular formula is C32H38N4O. The molecular weight excluding hydrogens is 456 g/mol. The van der Waals surface area contributed by atoms with E-state index in [-0.39, 0.29) is 11.3 Å². The fourth-order valence-electron chi connectivity index (χ4n) is 8.50. The molecule has 4 aliphatic rings. The Morgan fingerprint density at radius 3 is 2.89 bits per heavy atom. The van der Waals surface area contributed by atoms with E-state index in [1.807, 2.05) is 30.6 Å². The van der Waals surface area contributed by atoms with Crippen LogP contribution in [0.2, 0.25) is 0 Å². The van der Waals surface area contributed by atoms with Crippen LogP contribution in [0.4, 0.5) is 0 Å². The Balaban J connectivity index is 1.25. The summed E-state index contributed by atoms with van der Waals surface area (Å²) in [6, 6.07) is 10.4. The number of piperidine rings is 1. The SMILES string of the molecule is C[C@@H]1C[C@H]2Cc3ncc(-c4ccc(O)c(C[C@@H]5C[C@@H](C)Cc6ncccc65)n4)cc3[C@]3(C1)NCCC[C@H]23. The molecule has 3 aromatic heterocycles. The molecule has 2 N–H and O–H groups in total. The van der Waals surface area contributed by atoms with Gasteiger partial charge in [0.2, 0.25) is 0 Å². The number of hydrogen-bond acceptors (Lipinski definition) is 5. The molecule has 4 heterocycles. The van der Waals surface area contributed by atoms with Crippen LogP contribution in [0.1, 0.15) is 80.1 Å². The van der Waals surface area contributed by atoms with Crippen molar-refractivity contribution in [3.8, 4) is 17.0 Å². The number of aromatic nitrogens is 3. The Bertz CT molecular complexity index is 1340. The van der Waals surface area contributed by atoms with Gasteiger partial charge in [-0.25, -0.2) is 4.98 Å². The number of aromatic hydroxyl groups is 1. The van der Waals surface area contributed by atoms with Crippen molar-refractivity contribution in [2.75, 3.05) is 6.54 Å². The zero-order valence-corrected chi connectivity index (χ0v) is 22.1. The lowest BCUT2D eigenvalue weighted by Gasteiger charge is -2.57. The Morgan fingerprint density at radius 2 is 1.97 bits per heavy atom. The molecule has 192 valence electrons. The number of hydrogen-bond donors (Lipinski definition) is 2. The summed E-state index contributed by atoms with van der Waals surface area (Å²) in [7, 11) is 0. The van der Waals surface area contributed by atoms with Gasteiger partial charge in [-0.05, 0) is 116 Å². The van der Waals surface area contributed by atoms with Crippen molar-refractivity contribution < 1.29 is 5.11 Å². The van der Waals surface area contributed by atoms with Gasteiger partial charge in [0.15, 0.2) is 0 Å². The fraction of sp³-hybridized carbons (Fsp3) is 0.531. The molecule has 5 heteroatoms. The van der Waals surface area contributed by atoms with Gasteiger partial charge in [0.25, 0.3) is 0 Å². The van der Waals surface area contributed by atoms with Crippen LogP contribution in [0.5, 0.6) is 5.75 Å². The molecule has 2 bridgehead atoms. The first kappa shape index (κ1) is 23.3. The maximum atomic E-state index is 10.8. The molecule has 7 rings (SSSR count). The minimum atomic E-state index is 0.0614. The molecule has 1 saturated carbocycles. The smallest absolute Gasteiger partial charge is 0.137 e. The summed E-state index contributed by atoms with van der Waals surface area (Å²) in [6.07, 6.45) is 13.0. The van der Waals surface area contributed by atoms with Crippen molar-refractivity contribution in [3.63, 3.8) is 0 Å². The zero-order chi connectivity index (χ0) is 25.1. The molecule has 37 heavy (non-hydrogen) atoms. The Hall–Kier alpha value is -2.79. The van der Waals surface area contributed by atoms with E-state index in [0.29, 0.717) is 17.8 Å². The van der Waals surface area contributed by atoms with Crippen LogP contribution in [0.25, 0.3) is 11.3 Å². The third kappa shape index (κ3) is 3.89. The molecule has 0 radical (unpaired) electrons. The minimum absolute atomic E-state index is 0.0614. The molecule has 2 fully saturated rings. The van der Waals surface area contributed by atoms with Crippen LogP contribution in [0.15, 0.2) is 42.7 Å². The number of pyridine rings is 3. The van der Waals surface area contributed by atoms with Crippen LogP contribution in [-0.2, 0) is 24.8 Å². The van der Waals surface area contributed by atoms with Gasteiger partial charge in [0.1, 0.15) is 5.75 Å². The first-order chi connectivity index (χ1) is 18.0. The lowest BCUT2D eigenvalue weighted by Crippen LogP contribution is -2.60. The molecule has 6 atom stereocenters. The maximum absolute atomic E-state index is 10.8. The van der Waals surface area contributed by atoms with E-state index < -0.39 is 0 Å². The normalized spacial score (nSPS) is 32.2. The van der Waals surface area contributed by atoms with Crippen molar-refractivity contribution in [1.29, 1.82) is 0 Å². The van der Waals surface area contributed by atoms with Gasteiger partial charge >= 0.3 is 0 Å². The van der Waals surface area contributed by atoms with Gasteiger partial charge in [0.05, 0.1) is 11.4 Å². The van der Waals surface area contributed by atoms with Gasteiger partial charge in [-0.3, -0.25) is 9.97 Å². The molecule has 5 nitrogen and oxygen atoms in total. The highest BCUT2D eigenvalue weighted by atomic mass is 16.3. The van der Waals surface area contributed by atoms with Crippen molar-refractivity contribution >= 4 is 0 Å². The van der Waals surface area contributed by atoms with Crippen LogP contribution in [-0.4, -0.2) is 26.6 Å². The minimum Gasteiger partial charge on any atom is -0.506 e. The van der Waals surface area contributed by atoms with Crippen LogP contribution >= 0.6 is 0 Å². The second-order valence-electron chi connectivity index (χ2n) is 12.5. The average molecular weight is 495 g/mol. The van der Waals surface area contributed by atoms with Crippen molar-refractivity contribution in [3.05, 3.63) is 70.9 Å². The van der Waals surface area contributed by atoms with E-state index in [1.54, 1.807) is 0 Å². The van der Waals surface area contributed by atoms with E-state index in [1.165, 1.54) is 48.2 Å². The predicted octanol–water partition coefficient (Wildman–Crippen LogP) is 5.95. The van der Waals surface area contributed by atoms with E-state index in [4.69, 9.17) is 9.97 Å². The molecule has 0 amide bonds. The van der Waals surface area contributed by atoms with E-state index >= 15 is 0 Å². The summed E-state index contributed by atoms with van der Waals surface area (Å²) in [5, 5.41) is 14.8. The Morgan fingerprint density at radius 1 is 1.05 bits per heavy atom. The quantitative estimate of drug-likeness (QED) is 0.471. The summed E-state index contributed by atoms with van der Waals surface area (Å²) in [6.45, 7) is 5.82. The lowest BCUT2D eigenvalue weighted by atomic mass is 9.54. The highest BCUT2D eigenvalue weighted by Crippen LogP contribution is 2.55. The molecule has 3 aliphatic carbocycles. The van der Waals surface area contributed by atoms with Crippen LogP contribution in [0, 0.1) is 23.7 Å². The average Bonchev–Trinajstić information content (AvgIpc) is 2.89. The number of nitrogens with one attached hydrogen (secondary N) is 1. The van der Waals surface area contributed by atoms with E-state index in [2.05, 4.69) is 36.3 Å². The monoisotopic (exact) mass is 494 g/mol. The van der Waals surface area contributed by atoms with E-state index in [9.17, 15) is 5.11 Å². The first-order valence-corrected chi connectivity index (χ1v) is 14.4. The molecule has 1 aliphatic heterocycles. The third-order valence-electron chi connectivity index (χ3n) is 9.90. The molecule has 1 saturated heterocycles. The summed E-state index contributed by atoms with van der Waals surface area (Å²) in [5.74, 6) is 3.39. The molecule has 0 spiro atoms. The summed E-state index contributed by atoms with van der Waals surface area (Å²) < 4.78 is 0. The van der Waals surface area contributed by atoms with Gasteiger partial charge < -0.3 is 10.4 Å². The first-order valence-electron chi connectivity index (χ1n) is 14.4. The zero-order valence-electron chi connectivity index (χ0n) is 22.1. The van der Waals surface area contributed by atoms with Gasteiger partial charge in [-0.1, -0.05) is 19.9 Å². The van der Waals surface area contributed by atoms with E-state index in [0.717, 1.165) is 61.0 Å². The second-order valence-corrected chi connectivity index (χ2v) is 12.5. The summed E-state index contributed by atoms with van der Waals surface area (Å²) in [4.78, 5) is 14.8. The summed E-state index contributed by atoms with van der Waals surface area (Å²) in [5.41, 5.74) is 8.03. The van der Waals surface area contributed by atoms with Crippen molar-refractivity contribution in [1.82, 2.24) is 20.3 Å². The molecule has 0 unspecified atom stereocenters. The van der Waals surface area contributed by atoms with Gasteiger partial charge in [-0.2, -0.15) is 0 Å². The highest BCUT2D eigenvalue weighted by molar-refractivity contribution is 5.62. The largest absolute Gasteiger partial charge is 0.506 e. The summed E-state index contributed by atoms with van der Waals surface area (Å²) >= 11 is 0. The maximum Gasteiger partial charge on any atom is 0.137 e. The lowest BCUT2D eigenvalue weighted by molar-refractivity contribution is 0.00809. The van der Waals surface area contributed by atoms with Gasteiger partial charge in [0, 0.05) is 41.3 Å². The fourth-order valence-corrected chi connectivity index (χ4v) is 8.50. The van der Waals surface area contributed by atoms with Crippen LogP contribution in [0.3, 0.4) is 0 Å². The topological polar surface area (TPSA) is 70.9 Å². The predicted molar refractivity (Wildman–Crippen MR) is 145 cm³/mol. The standard InChI is InChI=1S/C32H38N4O/c1-19-11-21(24-5-3-9-33-28(24)13-19)15-30-31(37)8-7-27(36-30)23-14-26-29(34-18-23)16-22-12-20(2)17-32(26)25(22)6-4-10-35-32/h3,5,7-9,14,18-22,25,35,37H,4,6,10-13,15-17H2,1-2H3/t19-,20-,21+,22+,25-,32-/m1/s1. The molecule has 0 aromatic carbocycles. The van der Waals surface area contributed by atoms with Crippen molar-refractivity contribution in [2.45, 2.75) is 76.7 Å². The van der Waals surface area contributed by atoms with Crippen LogP contribution < -0.4 is 5.32 Å².